The van der Waals surface area contributed by atoms with Gasteiger partial charge in [-0.3, -0.25) is 4.79 Å². The van der Waals surface area contributed by atoms with E-state index in [1.165, 1.54) is 19.3 Å². The van der Waals surface area contributed by atoms with Gasteiger partial charge in [0.2, 0.25) is 5.91 Å². The van der Waals surface area contributed by atoms with Gasteiger partial charge in [-0.25, -0.2) is 4.68 Å². The molecule has 1 heterocycles. The molecule has 1 aliphatic rings. The second-order valence-electron chi connectivity index (χ2n) is 5.80. The molecule has 2 N–H and O–H groups in total. The third-order valence-corrected chi connectivity index (χ3v) is 3.90. The molecule has 0 unspecified atom stereocenters. The Morgan fingerprint density at radius 2 is 2.15 bits per heavy atom. The lowest BCUT2D eigenvalue weighted by Gasteiger charge is -2.37. The molecule has 1 aromatic rings. The van der Waals surface area contributed by atoms with Crippen LogP contribution in [0.15, 0.2) is 6.20 Å². The topological polar surface area (TPSA) is 77.0 Å². The normalized spacial score (nSPS) is 16.6. The van der Waals surface area contributed by atoms with Gasteiger partial charge in [0.15, 0.2) is 0 Å². The van der Waals surface area contributed by atoms with Crippen molar-refractivity contribution in [2.45, 2.75) is 71.1 Å². The molecular formula is C14H25N5O. The van der Waals surface area contributed by atoms with Crippen LogP contribution < -0.4 is 5.73 Å². The van der Waals surface area contributed by atoms with E-state index in [0.717, 1.165) is 12.8 Å². The first-order chi connectivity index (χ1) is 9.61. The second kappa shape index (κ2) is 6.83. The van der Waals surface area contributed by atoms with Crippen LogP contribution in [0.5, 0.6) is 0 Å². The Kier molecular flexibility index (Phi) is 5.11. The number of nitrogens with zero attached hydrogens (tertiary/aromatic N) is 4. The van der Waals surface area contributed by atoms with Crippen molar-refractivity contribution in [3.05, 3.63) is 11.9 Å². The van der Waals surface area contributed by atoms with E-state index in [0.29, 0.717) is 18.3 Å². The first kappa shape index (κ1) is 15.0. The lowest BCUT2D eigenvalue weighted by Crippen LogP contribution is -2.47. The number of carbonyl (C=O) groups excluding carboxylic acids is 1. The quantitative estimate of drug-likeness (QED) is 0.881. The Bertz CT molecular complexity index is 437. The molecule has 1 aliphatic carbocycles. The average molecular weight is 279 g/mol. The van der Waals surface area contributed by atoms with Crippen molar-refractivity contribution in [2.24, 2.45) is 5.73 Å². The fourth-order valence-electron chi connectivity index (χ4n) is 3.00. The lowest BCUT2D eigenvalue weighted by atomic mass is 9.93. The number of hydrogen-bond acceptors (Lipinski definition) is 4. The van der Waals surface area contributed by atoms with Gasteiger partial charge in [0.1, 0.15) is 6.54 Å². The molecule has 6 heteroatoms. The summed E-state index contributed by atoms with van der Waals surface area (Å²) < 4.78 is 1.59. The van der Waals surface area contributed by atoms with Crippen LogP contribution in [0.3, 0.4) is 0 Å². The zero-order chi connectivity index (χ0) is 14.5. The van der Waals surface area contributed by atoms with Crippen LogP contribution in [0.2, 0.25) is 0 Å². The Hall–Kier alpha value is -1.43. The first-order valence-electron chi connectivity index (χ1n) is 7.52. The number of hydrogen-bond donors (Lipinski definition) is 1. The summed E-state index contributed by atoms with van der Waals surface area (Å²) in [5.74, 6) is 0.125. The molecule has 0 spiro atoms. The molecule has 6 nitrogen and oxygen atoms in total. The predicted molar refractivity (Wildman–Crippen MR) is 76.8 cm³/mol. The summed E-state index contributed by atoms with van der Waals surface area (Å²) in [4.78, 5) is 14.6. The zero-order valence-corrected chi connectivity index (χ0v) is 12.5. The minimum atomic E-state index is 0.125. The average Bonchev–Trinajstić information content (AvgIpc) is 2.87. The molecule has 0 radical (unpaired) electrons. The number of nitrogens with two attached hydrogens (primary N) is 1. The van der Waals surface area contributed by atoms with Gasteiger partial charge < -0.3 is 10.6 Å². The van der Waals surface area contributed by atoms with E-state index in [-0.39, 0.29) is 18.5 Å². The Morgan fingerprint density at radius 3 is 2.70 bits per heavy atom. The van der Waals surface area contributed by atoms with E-state index in [2.05, 4.69) is 24.2 Å². The number of amides is 1. The van der Waals surface area contributed by atoms with Crippen LogP contribution >= 0.6 is 0 Å². The molecule has 0 atom stereocenters. The number of rotatable bonds is 5. The minimum Gasteiger partial charge on any atom is -0.336 e. The highest BCUT2D eigenvalue weighted by Crippen LogP contribution is 2.24. The van der Waals surface area contributed by atoms with Gasteiger partial charge in [0.05, 0.1) is 11.9 Å². The van der Waals surface area contributed by atoms with E-state index < -0.39 is 0 Å². The van der Waals surface area contributed by atoms with Crippen LogP contribution in [0, 0.1) is 0 Å². The second-order valence-corrected chi connectivity index (χ2v) is 5.80. The highest BCUT2D eigenvalue weighted by Gasteiger charge is 2.27. The fraction of sp³-hybridized carbons (Fsp3) is 0.786. The molecule has 2 rings (SSSR count). The predicted octanol–water partition coefficient (Wildman–Crippen LogP) is 1.31. The molecule has 20 heavy (non-hydrogen) atoms. The molecule has 0 aromatic carbocycles. The minimum absolute atomic E-state index is 0.125. The van der Waals surface area contributed by atoms with Crippen LogP contribution in [0.4, 0.5) is 0 Å². The Morgan fingerprint density at radius 1 is 1.45 bits per heavy atom. The van der Waals surface area contributed by atoms with Gasteiger partial charge in [-0.1, -0.05) is 24.5 Å². The summed E-state index contributed by atoms with van der Waals surface area (Å²) in [6, 6.07) is 0.608. The maximum Gasteiger partial charge on any atom is 0.244 e. The SMILES string of the molecule is CC(C)N(C(=O)Cn1cc(CN)nn1)C1CCCCC1. The molecule has 112 valence electrons. The summed E-state index contributed by atoms with van der Waals surface area (Å²) in [5.41, 5.74) is 6.22. The third kappa shape index (κ3) is 3.56. The molecule has 1 aromatic heterocycles. The van der Waals surface area contributed by atoms with Gasteiger partial charge in [0, 0.05) is 18.6 Å². The van der Waals surface area contributed by atoms with Crippen molar-refractivity contribution in [2.75, 3.05) is 0 Å². The van der Waals surface area contributed by atoms with Gasteiger partial charge in [-0.15, -0.1) is 5.10 Å². The van der Waals surface area contributed by atoms with Gasteiger partial charge in [-0.2, -0.15) is 0 Å². The summed E-state index contributed by atoms with van der Waals surface area (Å²) in [6.07, 6.45) is 7.73. The monoisotopic (exact) mass is 279 g/mol. The molecule has 0 aliphatic heterocycles. The standard InChI is InChI=1S/C14H25N5O/c1-11(2)19(13-6-4-3-5-7-13)14(20)10-18-9-12(8-15)16-17-18/h9,11,13H,3-8,10,15H2,1-2H3. The summed E-state index contributed by atoms with van der Waals surface area (Å²) in [6.45, 7) is 4.77. The third-order valence-electron chi connectivity index (χ3n) is 3.90. The fourth-order valence-corrected chi connectivity index (χ4v) is 3.00. The maximum atomic E-state index is 12.6. The Labute approximate surface area is 120 Å². The van der Waals surface area contributed by atoms with Crippen LogP contribution in [0.1, 0.15) is 51.6 Å². The van der Waals surface area contributed by atoms with Crippen molar-refractivity contribution in [1.82, 2.24) is 19.9 Å². The summed E-state index contributed by atoms with van der Waals surface area (Å²) in [5, 5.41) is 7.87. The van der Waals surface area contributed by atoms with Crippen LogP contribution in [-0.2, 0) is 17.9 Å². The van der Waals surface area contributed by atoms with Crippen LogP contribution in [-0.4, -0.2) is 37.9 Å². The molecule has 1 amide bonds. The molecular weight excluding hydrogens is 254 g/mol. The van der Waals surface area contributed by atoms with Gasteiger partial charge in [0.25, 0.3) is 0 Å². The highest BCUT2D eigenvalue weighted by molar-refractivity contribution is 5.76. The maximum absolute atomic E-state index is 12.6. The smallest absolute Gasteiger partial charge is 0.244 e. The van der Waals surface area contributed by atoms with Crippen molar-refractivity contribution in [3.63, 3.8) is 0 Å². The largest absolute Gasteiger partial charge is 0.336 e. The molecule has 1 fully saturated rings. The van der Waals surface area contributed by atoms with E-state index in [1.54, 1.807) is 10.9 Å². The number of carbonyl (C=O) groups is 1. The van der Waals surface area contributed by atoms with Crippen molar-refractivity contribution >= 4 is 5.91 Å². The van der Waals surface area contributed by atoms with E-state index in [4.69, 9.17) is 5.73 Å². The van der Waals surface area contributed by atoms with Gasteiger partial charge >= 0.3 is 0 Å². The summed E-state index contributed by atoms with van der Waals surface area (Å²) >= 11 is 0. The Balaban J connectivity index is 2.02. The van der Waals surface area contributed by atoms with E-state index >= 15 is 0 Å². The van der Waals surface area contributed by atoms with Crippen molar-refractivity contribution in [1.29, 1.82) is 0 Å². The zero-order valence-electron chi connectivity index (χ0n) is 12.5. The van der Waals surface area contributed by atoms with Crippen molar-refractivity contribution < 1.29 is 4.79 Å². The first-order valence-corrected chi connectivity index (χ1v) is 7.52. The van der Waals surface area contributed by atoms with Crippen LogP contribution in [0.25, 0.3) is 0 Å². The van der Waals surface area contributed by atoms with Crippen molar-refractivity contribution in [3.8, 4) is 0 Å². The molecule has 0 saturated heterocycles. The number of aromatic nitrogens is 3. The molecule has 0 bridgehead atoms. The van der Waals surface area contributed by atoms with E-state index in [9.17, 15) is 4.79 Å². The lowest BCUT2D eigenvalue weighted by molar-refractivity contribution is -0.137. The molecule has 1 saturated carbocycles. The summed E-state index contributed by atoms with van der Waals surface area (Å²) in [7, 11) is 0. The highest BCUT2D eigenvalue weighted by atomic mass is 16.2. The van der Waals surface area contributed by atoms with E-state index in [1.807, 2.05) is 4.90 Å². The van der Waals surface area contributed by atoms with Gasteiger partial charge in [-0.05, 0) is 26.7 Å².